The molecule has 2 heterocycles. The molecule has 2 aliphatic rings. The van der Waals surface area contributed by atoms with E-state index < -0.39 is 11.5 Å². The van der Waals surface area contributed by atoms with Gasteiger partial charge in [-0.1, -0.05) is 12.1 Å². The molecule has 0 spiro atoms. The summed E-state index contributed by atoms with van der Waals surface area (Å²) in [4.78, 5) is 26.7. The van der Waals surface area contributed by atoms with E-state index in [-0.39, 0.29) is 23.4 Å². The zero-order chi connectivity index (χ0) is 23.1. The number of H-pyrrole nitrogens is 1. The van der Waals surface area contributed by atoms with Gasteiger partial charge in [-0.2, -0.15) is 10.4 Å². The summed E-state index contributed by atoms with van der Waals surface area (Å²) in [6.07, 6.45) is 3.30. The average Bonchev–Trinajstić information content (AvgIpc) is 3.46. The number of benzene rings is 2. The number of nitrogens with one attached hydrogen (secondary N) is 1. The molecule has 1 aliphatic heterocycles. The highest BCUT2D eigenvalue weighted by atomic mass is 19.1. The van der Waals surface area contributed by atoms with Crippen LogP contribution >= 0.6 is 0 Å². The first kappa shape index (κ1) is 21.1. The summed E-state index contributed by atoms with van der Waals surface area (Å²) < 4.78 is 16.5. The molecule has 1 amide bonds. The van der Waals surface area contributed by atoms with Crippen LogP contribution in [0.25, 0.3) is 16.8 Å². The van der Waals surface area contributed by atoms with Crippen molar-refractivity contribution in [3.05, 3.63) is 69.7 Å². The zero-order valence-electron chi connectivity index (χ0n) is 18.3. The van der Waals surface area contributed by atoms with Crippen molar-refractivity contribution in [2.75, 3.05) is 13.1 Å². The van der Waals surface area contributed by atoms with Crippen LogP contribution in [0.4, 0.5) is 4.39 Å². The van der Waals surface area contributed by atoms with Crippen LogP contribution in [0.3, 0.4) is 0 Å². The molecule has 1 saturated carbocycles. The molecule has 1 N–H and O–H groups in total. The predicted octanol–water partition coefficient (Wildman–Crippen LogP) is 3.35. The zero-order valence-corrected chi connectivity index (χ0v) is 18.3. The Morgan fingerprint density at radius 1 is 1.24 bits per heavy atom. The van der Waals surface area contributed by atoms with Gasteiger partial charge in [0.25, 0.3) is 0 Å². The lowest BCUT2D eigenvalue weighted by atomic mass is 9.98. The normalized spacial score (nSPS) is 17.8. The number of hydrogen-bond acceptors (Lipinski definition) is 4. The van der Waals surface area contributed by atoms with Gasteiger partial charge in [0.15, 0.2) is 0 Å². The van der Waals surface area contributed by atoms with E-state index in [1.165, 1.54) is 10.6 Å². The molecule has 0 bridgehead atoms. The second-order valence-electron chi connectivity index (χ2n) is 9.01. The predicted molar refractivity (Wildman–Crippen MR) is 120 cm³/mol. The van der Waals surface area contributed by atoms with Crippen molar-refractivity contribution >= 4 is 5.91 Å². The Morgan fingerprint density at radius 2 is 2.06 bits per heavy atom. The summed E-state index contributed by atoms with van der Waals surface area (Å²) in [6, 6.07) is 12.1. The highest BCUT2D eigenvalue weighted by Gasteiger charge is 2.37. The third-order valence-corrected chi connectivity index (χ3v) is 6.59. The number of likely N-dealkylation sites (tertiary alicyclic amines) is 1. The van der Waals surface area contributed by atoms with Crippen LogP contribution in [0.2, 0.25) is 0 Å². The lowest BCUT2D eigenvalue weighted by molar-refractivity contribution is -0.131. The number of nitrogens with zero attached hydrogens (tertiary/aromatic N) is 4. The van der Waals surface area contributed by atoms with E-state index in [9.17, 15) is 9.59 Å². The summed E-state index contributed by atoms with van der Waals surface area (Å²) in [5, 5.41) is 15.7. The minimum atomic E-state index is -0.530. The number of halogens is 1. The molecular weight excluding hydrogens is 421 g/mol. The summed E-state index contributed by atoms with van der Waals surface area (Å²) in [6.45, 7) is 3.25. The van der Waals surface area contributed by atoms with Crippen LogP contribution in [-0.4, -0.2) is 38.7 Å². The first-order valence-corrected chi connectivity index (χ1v) is 11.2. The molecule has 0 radical (unpaired) electrons. The lowest BCUT2D eigenvalue weighted by Gasteiger charge is -2.16. The third kappa shape index (κ3) is 4.07. The summed E-state index contributed by atoms with van der Waals surface area (Å²) >= 11 is 0. The average molecular weight is 445 g/mol. The van der Waals surface area contributed by atoms with Gasteiger partial charge in [0, 0.05) is 25.4 Å². The minimum absolute atomic E-state index is 0.141. The number of carbonyl (C=O) groups is 1. The Bertz CT molecular complexity index is 1330. The lowest BCUT2D eigenvalue weighted by Crippen LogP contribution is -2.30. The van der Waals surface area contributed by atoms with Crippen LogP contribution in [0.1, 0.15) is 36.2 Å². The van der Waals surface area contributed by atoms with Crippen molar-refractivity contribution < 1.29 is 9.18 Å². The molecule has 33 heavy (non-hydrogen) atoms. The third-order valence-electron chi connectivity index (χ3n) is 6.59. The maximum atomic E-state index is 15.2. The molecule has 1 aliphatic carbocycles. The number of aryl methyl sites for hydroxylation is 1. The van der Waals surface area contributed by atoms with Gasteiger partial charge in [0.1, 0.15) is 11.6 Å². The molecule has 5 rings (SSSR count). The quantitative estimate of drug-likeness (QED) is 0.652. The van der Waals surface area contributed by atoms with E-state index >= 15 is 4.39 Å². The summed E-state index contributed by atoms with van der Waals surface area (Å²) in [5.74, 6) is 0.548. The van der Waals surface area contributed by atoms with Crippen molar-refractivity contribution in [1.82, 2.24) is 19.7 Å². The molecule has 8 heteroatoms. The number of aromatic nitrogens is 3. The molecular formula is C25H24FN5O2. The van der Waals surface area contributed by atoms with Gasteiger partial charge < -0.3 is 4.90 Å². The van der Waals surface area contributed by atoms with Crippen molar-refractivity contribution in [2.24, 2.45) is 11.8 Å². The molecule has 2 fully saturated rings. The van der Waals surface area contributed by atoms with Crippen molar-refractivity contribution in [1.29, 1.82) is 5.26 Å². The largest absolute Gasteiger partial charge is 0.348 e. The SMILES string of the molecule is Cc1cc(C#N)ccc1-c1ccc(-n2c(CC3CCN(C(=O)C4CC4)C3)n[nH]c2=O)c(F)c1. The van der Waals surface area contributed by atoms with E-state index in [1.807, 2.05) is 11.8 Å². The maximum Gasteiger partial charge on any atom is 0.348 e. The molecule has 7 nitrogen and oxygen atoms in total. The van der Waals surface area contributed by atoms with E-state index in [0.29, 0.717) is 29.9 Å². The van der Waals surface area contributed by atoms with Crippen molar-refractivity contribution in [3.63, 3.8) is 0 Å². The van der Waals surface area contributed by atoms with Crippen molar-refractivity contribution in [2.45, 2.75) is 32.6 Å². The topological polar surface area (TPSA) is 94.8 Å². The molecule has 2 aromatic carbocycles. The molecule has 1 aromatic heterocycles. The monoisotopic (exact) mass is 445 g/mol. The Morgan fingerprint density at radius 3 is 2.76 bits per heavy atom. The van der Waals surface area contributed by atoms with Gasteiger partial charge in [0.2, 0.25) is 5.91 Å². The fourth-order valence-electron chi connectivity index (χ4n) is 4.67. The van der Waals surface area contributed by atoms with Crippen LogP contribution in [0.5, 0.6) is 0 Å². The summed E-state index contributed by atoms with van der Waals surface area (Å²) in [7, 11) is 0. The second kappa shape index (κ2) is 8.32. The van der Waals surface area contributed by atoms with Gasteiger partial charge >= 0.3 is 5.69 Å². The number of carbonyl (C=O) groups excluding carboxylic acids is 1. The Labute approximate surface area is 190 Å². The minimum Gasteiger partial charge on any atom is -0.342 e. The van der Waals surface area contributed by atoms with Crippen LogP contribution in [0, 0.1) is 35.9 Å². The van der Waals surface area contributed by atoms with Gasteiger partial charge in [0.05, 0.1) is 17.3 Å². The van der Waals surface area contributed by atoms with Gasteiger partial charge in [-0.25, -0.2) is 18.9 Å². The van der Waals surface area contributed by atoms with Crippen LogP contribution in [-0.2, 0) is 11.2 Å². The Balaban J connectivity index is 1.39. The fraction of sp³-hybridized carbons (Fsp3) is 0.360. The first-order chi connectivity index (χ1) is 15.9. The number of nitriles is 1. The Hall–Kier alpha value is -3.73. The van der Waals surface area contributed by atoms with E-state index in [4.69, 9.17) is 5.26 Å². The smallest absolute Gasteiger partial charge is 0.342 e. The first-order valence-electron chi connectivity index (χ1n) is 11.2. The van der Waals surface area contributed by atoms with Crippen molar-refractivity contribution in [3.8, 4) is 22.9 Å². The molecule has 1 atom stereocenters. The number of rotatable bonds is 5. The maximum absolute atomic E-state index is 15.2. The van der Waals surface area contributed by atoms with E-state index in [0.717, 1.165) is 36.9 Å². The fourth-order valence-corrected chi connectivity index (χ4v) is 4.67. The van der Waals surface area contributed by atoms with Gasteiger partial charge in [-0.05, 0) is 73.1 Å². The highest BCUT2D eigenvalue weighted by Crippen LogP contribution is 2.33. The number of amides is 1. The van der Waals surface area contributed by atoms with Crippen LogP contribution in [0.15, 0.2) is 41.2 Å². The Kier molecular flexibility index (Phi) is 5.33. The van der Waals surface area contributed by atoms with E-state index in [1.54, 1.807) is 30.3 Å². The van der Waals surface area contributed by atoms with E-state index in [2.05, 4.69) is 16.3 Å². The second-order valence-corrected chi connectivity index (χ2v) is 9.01. The molecule has 168 valence electrons. The highest BCUT2D eigenvalue weighted by molar-refractivity contribution is 5.81. The van der Waals surface area contributed by atoms with Gasteiger partial charge in [-0.15, -0.1) is 0 Å². The van der Waals surface area contributed by atoms with Gasteiger partial charge in [-0.3, -0.25) is 4.79 Å². The van der Waals surface area contributed by atoms with Crippen LogP contribution < -0.4 is 5.69 Å². The number of hydrogen-bond donors (Lipinski definition) is 1. The molecule has 3 aromatic rings. The molecule has 1 saturated heterocycles. The molecule has 1 unspecified atom stereocenters. The standard InChI is InChI=1S/C25H24FN5O2/c1-15-10-16(13-27)2-6-20(15)19-5-7-22(21(26)12-19)31-23(28-29-25(31)33)11-17-8-9-30(14-17)24(32)18-3-4-18/h2,5-7,10,12,17-18H,3-4,8-9,11,14H2,1H3,(H,29,33). The summed E-state index contributed by atoms with van der Waals surface area (Å²) in [5.41, 5.74) is 2.56. The number of aromatic amines is 1.